The molecule has 0 fully saturated rings. The minimum absolute atomic E-state index is 0.0759. The molecule has 3 nitrogen and oxygen atoms in total. The minimum atomic E-state index is -2.90. The first-order chi connectivity index (χ1) is 7.90. The molecule has 0 radical (unpaired) electrons. The molecule has 0 saturated carbocycles. The first-order valence-corrected chi connectivity index (χ1v) is 6.00. The summed E-state index contributed by atoms with van der Waals surface area (Å²) in [6.07, 6.45) is 1.57. The molecule has 0 aliphatic rings. The van der Waals surface area contributed by atoms with Crippen LogP contribution in [0.3, 0.4) is 0 Å². The summed E-state index contributed by atoms with van der Waals surface area (Å²) in [5.41, 5.74) is 0.527. The highest BCUT2D eigenvalue weighted by Crippen LogP contribution is 2.34. The van der Waals surface area contributed by atoms with Gasteiger partial charge in [0.1, 0.15) is 5.75 Å². The van der Waals surface area contributed by atoms with Crippen molar-refractivity contribution in [3.63, 3.8) is 0 Å². The number of nitrogens with zero attached hydrogens (tertiary/aromatic N) is 2. The van der Waals surface area contributed by atoms with Crippen molar-refractivity contribution in [3.8, 4) is 5.75 Å². The van der Waals surface area contributed by atoms with E-state index in [0.29, 0.717) is 5.69 Å². The van der Waals surface area contributed by atoms with Gasteiger partial charge in [0.05, 0.1) is 17.0 Å². The van der Waals surface area contributed by atoms with Crippen LogP contribution in [0.5, 0.6) is 5.75 Å². The largest absolute Gasteiger partial charge is 0.433 e. The molecule has 0 N–H and O–H groups in total. The van der Waals surface area contributed by atoms with Gasteiger partial charge in [-0.25, -0.2) is 4.99 Å². The minimum Gasteiger partial charge on any atom is -0.433 e. The van der Waals surface area contributed by atoms with Gasteiger partial charge in [0, 0.05) is 23.7 Å². The zero-order valence-corrected chi connectivity index (χ0v) is 12.0. The second-order valence-corrected chi connectivity index (χ2v) is 4.89. The highest BCUT2D eigenvalue weighted by molar-refractivity contribution is 14.1. The van der Waals surface area contributed by atoms with Crippen LogP contribution in [0.2, 0.25) is 5.02 Å². The maximum Gasteiger partial charge on any atom is 0.387 e. The molecule has 1 rings (SSSR count). The molecule has 0 spiro atoms. The normalized spacial score (nSPS) is 11.2. The number of hydrogen-bond acceptors (Lipinski definition) is 2. The summed E-state index contributed by atoms with van der Waals surface area (Å²) in [5, 5.41) is 0.138. The second-order valence-electron chi connectivity index (χ2n) is 3.32. The maximum atomic E-state index is 12.1. The Kier molecular flexibility index (Phi) is 5.38. The Hall–Kier alpha value is -0.630. The number of rotatable bonds is 4. The molecule has 0 saturated heterocycles. The number of alkyl halides is 2. The van der Waals surface area contributed by atoms with Crippen LogP contribution >= 0.6 is 34.2 Å². The van der Waals surface area contributed by atoms with Crippen molar-refractivity contribution in [1.82, 2.24) is 4.90 Å². The van der Waals surface area contributed by atoms with Gasteiger partial charge in [-0.2, -0.15) is 8.78 Å². The predicted molar refractivity (Wildman–Crippen MR) is 72.6 cm³/mol. The van der Waals surface area contributed by atoms with Gasteiger partial charge in [0.25, 0.3) is 0 Å². The van der Waals surface area contributed by atoms with E-state index in [1.165, 1.54) is 12.1 Å². The van der Waals surface area contributed by atoms with Crippen molar-refractivity contribution < 1.29 is 13.5 Å². The summed E-state index contributed by atoms with van der Waals surface area (Å²) in [6.45, 7) is -2.90. The molecule has 0 amide bonds. The van der Waals surface area contributed by atoms with E-state index in [2.05, 4.69) is 9.73 Å². The fraction of sp³-hybridized carbons (Fsp3) is 0.300. The van der Waals surface area contributed by atoms with Gasteiger partial charge in [-0.15, -0.1) is 0 Å². The number of hydrogen-bond donors (Lipinski definition) is 0. The Morgan fingerprint density at radius 3 is 2.65 bits per heavy atom. The lowest BCUT2D eigenvalue weighted by molar-refractivity contribution is -0.0497. The Morgan fingerprint density at radius 1 is 1.47 bits per heavy atom. The van der Waals surface area contributed by atoms with Crippen molar-refractivity contribution >= 4 is 46.2 Å². The van der Waals surface area contributed by atoms with Crippen LogP contribution in [-0.2, 0) is 0 Å². The molecule has 0 aliphatic heterocycles. The third-order valence-electron chi connectivity index (χ3n) is 1.65. The molecule has 0 bridgehead atoms. The highest BCUT2D eigenvalue weighted by atomic mass is 127. The molecular weight excluding hydrogens is 364 g/mol. The number of aliphatic imine (C=N–C) groups is 1. The quantitative estimate of drug-likeness (QED) is 0.455. The lowest BCUT2D eigenvalue weighted by atomic mass is 10.3. The van der Waals surface area contributed by atoms with Crippen LogP contribution in [0.25, 0.3) is 0 Å². The lowest BCUT2D eigenvalue weighted by Gasteiger charge is -2.09. The molecule has 0 aliphatic carbocycles. The van der Waals surface area contributed by atoms with Gasteiger partial charge in [-0.05, 0) is 28.7 Å². The van der Waals surface area contributed by atoms with E-state index in [-0.39, 0.29) is 10.8 Å². The topological polar surface area (TPSA) is 24.8 Å². The fourth-order valence-electron chi connectivity index (χ4n) is 0.981. The number of ether oxygens (including phenoxy) is 1. The third-order valence-corrected chi connectivity index (χ3v) is 2.80. The van der Waals surface area contributed by atoms with E-state index < -0.39 is 6.61 Å². The van der Waals surface area contributed by atoms with Crippen molar-refractivity contribution in [3.05, 3.63) is 20.7 Å². The zero-order valence-electron chi connectivity index (χ0n) is 9.12. The van der Waals surface area contributed by atoms with E-state index in [1.54, 1.807) is 11.2 Å². The zero-order chi connectivity index (χ0) is 13.0. The molecule has 1 aromatic rings. The van der Waals surface area contributed by atoms with Crippen LogP contribution in [0.1, 0.15) is 0 Å². The van der Waals surface area contributed by atoms with Gasteiger partial charge in [-0.1, -0.05) is 11.6 Å². The monoisotopic (exact) mass is 374 g/mol. The van der Waals surface area contributed by atoms with Crippen LogP contribution < -0.4 is 4.74 Å². The second kappa shape index (κ2) is 6.34. The highest BCUT2D eigenvalue weighted by Gasteiger charge is 2.11. The molecule has 7 heteroatoms. The molecule has 0 heterocycles. The van der Waals surface area contributed by atoms with Crippen molar-refractivity contribution in [2.75, 3.05) is 14.1 Å². The number of halogens is 4. The van der Waals surface area contributed by atoms with Gasteiger partial charge in [0.2, 0.25) is 0 Å². The SMILES string of the molecule is CN(C)/C=N/c1cc(OC(F)F)c(Cl)cc1I. The van der Waals surface area contributed by atoms with Gasteiger partial charge in [0.15, 0.2) is 0 Å². The van der Waals surface area contributed by atoms with Crippen LogP contribution in [0.4, 0.5) is 14.5 Å². The smallest absolute Gasteiger partial charge is 0.387 e. The van der Waals surface area contributed by atoms with Crippen molar-refractivity contribution in [1.29, 1.82) is 0 Å². The lowest BCUT2D eigenvalue weighted by Crippen LogP contribution is -2.07. The van der Waals surface area contributed by atoms with Crippen LogP contribution in [0.15, 0.2) is 17.1 Å². The van der Waals surface area contributed by atoms with Crippen LogP contribution in [-0.4, -0.2) is 31.9 Å². The predicted octanol–water partition coefficient (Wildman–Crippen LogP) is 3.77. The standard InChI is InChI=1S/C10H10ClF2IN2O/c1-16(2)5-15-8-4-9(17-10(12)13)6(11)3-7(8)14/h3-5,10H,1-2H3/b15-5+. The van der Waals surface area contributed by atoms with E-state index in [4.69, 9.17) is 11.6 Å². The molecule has 17 heavy (non-hydrogen) atoms. The average Bonchev–Trinajstić information content (AvgIpc) is 2.19. The molecular formula is C10H10ClF2IN2O. The van der Waals surface area contributed by atoms with E-state index in [9.17, 15) is 8.78 Å². The van der Waals surface area contributed by atoms with E-state index in [0.717, 1.165) is 3.57 Å². The number of benzene rings is 1. The summed E-state index contributed by atoms with van der Waals surface area (Å²) in [7, 11) is 3.62. The summed E-state index contributed by atoms with van der Waals surface area (Å²) in [5.74, 6) is -0.0759. The van der Waals surface area contributed by atoms with Crippen molar-refractivity contribution in [2.45, 2.75) is 6.61 Å². The molecule has 1 aromatic carbocycles. The molecule has 0 aromatic heterocycles. The summed E-state index contributed by atoms with van der Waals surface area (Å²) < 4.78 is 29.3. The van der Waals surface area contributed by atoms with Gasteiger partial charge >= 0.3 is 6.61 Å². The van der Waals surface area contributed by atoms with E-state index in [1.807, 2.05) is 36.7 Å². The van der Waals surface area contributed by atoms with E-state index >= 15 is 0 Å². The third kappa shape index (κ3) is 4.63. The van der Waals surface area contributed by atoms with Crippen molar-refractivity contribution in [2.24, 2.45) is 4.99 Å². The Morgan fingerprint density at radius 2 is 2.12 bits per heavy atom. The first kappa shape index (κ1) is 14.4. The average molecular weight is 375 g/mol. The maximum absolute atomic E-state index is 12.1. The summed E-state index contributed by atoms with van der Waals surface area (Å²) in [6, 6.07) is 2.92. The Balaban J connectivity index is 3.05. The van der Waals surface area contributed by atoms with Gasteiger partial charge < -0.3 is 9.64 Å². The molecule has 0 unspecified atom stereocenters. The van der Waals surface area contributed by atoms with Gasteiger partial charge in [-0.3, -0.25) is 0 Å². The first-order valence-electron chi connectivity index (χ1n) is 4.54. The van der Waals surface area contributed by atoms with Crippen LogP contribution in [0, 0.1) is 3.57 Å². The Bertz CT molecular complexity index is 427. The fourth-order valence-corrected chi connectivity index (χ4v) is 1.98. The Labute approximate surface area is 117 Å². The summed E-state index contributed by atoms with van der Waals surface area (Å²) in [4.78, 5) is 5.86. The molecule has 0 atom stereocenters. The molecule has 94 valence electrons. The summed E-state index contributed by atoms with van der Waals surface area (Å²) >= 11 is 7.81.